The molecule has 14 N–H and O–H groups in total. The van der Waals surface area contributed by atoms with Crippen LogP contribution in [0.25, 0.3) is 0 Å². The van der Waals surface area contributed by atoms with Crippen molar-refractivity contribution >= 4 is 11.9 Å². The highest BCUT2D eigenvalue weighted by atomic mass is 16.8. The molecule has 25 heteroatoms. The van der Waals surface area contributed by atoms with Crippen molar-refractivity contribution < 1.29 is 124 Å². The van der Waals surface area contributed by atoms with Crippen molar-refractivity contribution in [1.29, 1.82) is 0 Å². The Morgan fingerprint density at radius 2 is 1.22 bits per heavy atom. The number of aliphatic carboxylic acids is 1. The molecule has 0 radical (unpaired) electrons. The van der Waals surface area contributed by atoms with E-state index in [1.807, 2.05) is 20.8 Å². The van der Waals surface area contributed by atoms with Crippen molar-refractivity contribution in [2.45, 2.75) is 254 Å². The van der Waals surface area contributed by atoms with Gasteiger partial charge in [-0.25, -0.2) is 0 Å². The van der Waals surface area contributed by atoms with Crippen LogP contribution < -0.4 is 0 Å². The van der Waals surface area contributed by atoms with Crippen molar-refractivity contribution in [3.05, 3.63) is 11.6 Å². The number of carboxylic acids is 1. The molecule has 0 aromatic carbocycles. The first kappa shape index (κ1) is 64.8. The molecule has 25 nitrogen and oxygen atoms in total. The summed E-state index contributed by atoms with van der Waals surface area (Å²) in [6, 6.07) is 0. The number of hydrogen-bond donors (Lipinski definition) is 14. The quantitative estimate of drug-likeness (QED) is 0.0320. The molecule has 2 unspecified atom stereocenters. The first-order chi connectivity index (χ1) is 37.8. The maximum absolute atomic E-state index is 12.9. The summed E-state index contributed by atoms with van der Waals surface area (Å²) in [6.45, 7) is 14.8. The number of carbonyl (C=O) groups excluding carboxylic acids is 1. The Hall–Kier alpha value is -2.16. The van der Waals surface area contributed by atoms with Gasteiger partial charge < -0.3 is 114 Å². The van der Waals surface area contributed by atoms with Gasteiger partial charge in [0.25, 0.3) is 0 Å². The summed E-state index contributed by atoms with van der Waals surface area (Å²) in [5, 5.41) is 152. The molecule has 29 atom stereocenters. The minimum atomic E-state index is -1.95. The average molecular weight is 1170 g/mol. The molecule has 0 amide bonds. The second-order valence-corrected chi connectivity index (χ2v) is 26.4. The van der Waals surface area contributed by atoms with E-state index < -0.39 is 184 Å². The monoisotopic (exact) mass is 1160 g/mol. The van der Waals surface area contributed by atoms with Crippen molar-refractivity contribution in [3.8, 4) is 0 Å². The third-order valence-electron chi connectivity index (χ3n) is 21.0. The highest BCUT2D eigenvalue weighted by Gasteiger charge is 2.72. The first-order valence-electron chi connectivity index (χ1n) is 28.8. The summed E-state index contributed by atoms with van der Waals surface area (Å²) < 4.78 is 53.9. The van der Waals surface area contributed by atoms with E-state index in [4.69, 9.17) is 47.7 Å². The fourth-order valence-corrected chi connectivity index (χ4v) is 16.3. The van der Waals surface area contributed by atoms with Gasteiger partial charge >= 0.3 is 11.9 Å². The number of ether oxygens (including phenoxy) is 9. The first-order valence-corrected chi connectivity index (χ1v) is 28.8. The van der Waals surface area contributed by atoms with Crippen molar-refractivity contribution in [3.63, 3.8) is 0 Å². The molecular weight excluding hydrogens is 1070 g/mol. The zero-order valence-electron chi connectivity index (χ0n) is 47.7. The molecule has 0 spiro atoms. The van der Waals surface area contributed by atoms with E-state index in [0.717, 1.165) is 24.8 Å². The Morgan fingerprint density at radius 3 is 1.86 bits per heavy atom. The Balaban J connectivity index is 0.997. The number of esters is 1. The molecule has 4 saturated heterocycles. The van der Waals surface area contributed by atoms with Gasteiger partial charge in [-0.2, -0.15) is 0 Å². The van der Waals surface area contributed by atoms with E-state index in [0.29, 0.717) is 38.5 Å². The summed E-state index contributed by atoms with van der Waals surface area (Å²) >= 11 is 0. The molecule has 8 aliphatic rings. The number of carbonyl (C=O) groups is 2. The third-order valence-corrected chi connectivity index (χ3v) is 21.0. The normalized spacial score (nSPS) is 49.6. The topological polar surface area (TPSA) is 400 Å². The predicted octanol–water partition coefficient (Wildman–Crippen LogP) is -1.54. The molecular formula is C56H92O25. The smallest absolute Gasteiger partial charge is 0.317 e. The summed E-state index contributed by atoms with van der Waals surface area (Å²) in [4.78, 5) is 23.0. The van der Waals surface area contributed by atoms with E-state index in [1.165, 1.54) is 0 Å². The summed E-state index contributed by atoms with van der Waals surface area (Å²) in [5.41, 5.74) is -1.72. The minimum absolute atomic E-state index is 0.00544. The Kier molecular flexibility index (Phi) is 19.9. The largest absolute Gasteiger partial charge is 0.481 e. The maximum atomic E-state index is 12.9. The molecule has 4 aliphatic carbocycles. The van der Waals surface area contributed by atoms with Crippen LogP contribution in [0.5, 0.6) is 0 Å². The summed E-state index contributed by atoms with van der Waals surface area (Å²) in [5.74, 6) is -3.18. The van der Waals surface area contributed by atoms with Crippen LogP contribution >= 0.6 is 0 Å². The molecule has 4 aliphatic heterocycles. The highest BCUT2D eigenvalue weighted by molar-refractivity contribution is 5.90. The molecule has 0 aromatic heterocycles. The van der Waals surface area contributed by atoms with Crippen LogP contribution in [-0.2, 0) is 52.2 Å². The number of fused-ring (bicyclic) bond motifs is 5. The lowest BCUT2D eigenvalue weighted by molar-refractivity contribution is -0.378. The summed E-state index contributed by atoms with van der Waals surface area (Å²) in [6.07, 6.45) is -25.5. The van der Waals surface area contributed by atoms with Gasteiger partial charge in [0, 0.05) is 0 Å². The van der Waals surface area contributed by atoms with Crippen LogP contribution in [0.4, 0.5) is 0 Å². The number of rotatable bonds is 18. The lowest BCUT2D eigenvalue weighted by atomic mass is 9.35. The van der Waals surface area contributed by atoms with E-state index >= 15 is 0 Å². The fraction of sp³-hybridized carbons (Fsp3) is 0.929. The second kappa shape index (κ2) is 24.9. The van der Waals surface area contributed by atoms with Gasteiger partial charge in [0.2, 0.25) is 0 Å². The maximum Gasteiger partial charge on any atom is 0.317 e. The van der Waals surface area contributed by atoms with Crippen LogP contribution in [0.3, 0.4) is 0 Å². The SMILES string of the molecule is CC(C)=CCC[C@](C)(O[C@@H]1O[C@H](CO[C@H]2OC[C@H](O)[C@H](O)[C@H]2O)[C@@H](O)[C@H](O)[C@H]1O)[C@H]1CC[C@]2(C)C1[C@H](O)CC1[C@@]3(C)CC[C@H](O[C@H]4O[C@H](CO)[C@@H](O)[C@H](O)[C@H]4O[C@H]4O[C@H](COC(=O)CC(=O)O)[C@@H](O)[C@H](O)[C@H]4O)C(C)(C)[C@@H]3CC[C@]12C. The molecule has 0 bridgehead atoms. The zero-order chi connectivity index (χ0) is 59.6. The van der Waals surface area contributed by atoms with Gasteiger partial charge in [-0.15, -0.1) is 0 Å². The van der Waals surface area contributed by atoms with E-state index in [-0.39, 0.29) is 41.1 Å². The van der Waals surface area contributed by atoms with Crippen LogP contribution in [0.2, 0.25) is 0 Å². The number of hydrogen-bond acceptors (Lipinski definition) is 24. The number of carboxylic acid groups (broad SMARTS) is 1. The molecule has 4 saturated carbocycles. The molecule has 81 heavy (non-hydrogen) atoms. The predicted molar refractivity (Wildman–Crippen MR) is 276 cm³/mol. The summed E-state index contributed by atoms with van der Waals surface area (Å²) in [7, 11) is 0. The van der Waals surface area contributed by atoms with Gasteiger partial charge in [-0.1, -0.05) is 46.3 Å². The Labute approximate surface area is 472 Å². The zero-order valence-corrected chi connectivity index (χ0v) is 47.7. The Bertz CT molecular complexity index is 2180. The molecule has 8 rings (SSSR count). The lowest BCUT2D eigenvalue weighted by Crippen LogP contribution is -2.68. The van der Waals surface area contributed by atoms with Crippen LogP contribution in [0, 0.1) is 45.3 Å². The fourth-order valence-electron chi connectivity index (χ4n) is 16.3. The van der Waals surface area contributed by atoms with Gasteiger partial charge in [0.1, 0.15) is 105 Å². The van der Waals surface area contributed by atoms with Gasteiger partial charge in [-0.3, -0.25) is 9.59 Å². The average Bonchev–Trinajstić information content (AvgIpc) is 2.94. The van der Waals surface area contributed by atoms with E-state index in [2.05, 4.69) is 40.7 Å². The standard InChI is InChI=1S/C56H92O25/c1-24(2)10-9-14-56(8,81-50-46(72)42(68)40(66)30(78-50)23-75-48-44(70)37(63)27(59)21-74-48)25-11-16-55(7)36(25)26(58)18-32-53(5)15-13-33(52(3,4)31(53)12-17-54(32,55)6)79-51-47(43(69)38(64)28(20-57)76-51)80-49-45(71)41(67)39(65)29(77-49)22-73-35(62)19-34(60)61/h10,25-33,36-51,57-59,63-72H,9,11-23H2,1-8H3,(H,60,61)/t25-,26+,27-,28+,29+,30+,31-,32?,33-,36?,37-,38+,39+,40+,41-,42-,43-,44+,45+,46+,47+,48+,49+,50-,51+,53-,54+,55+,56-/m0/s1. The third kappa shape index (κ3) is 12.2. The van der Waals surface area contributed by atoms with E-state index in [1.54, 1.807) is 0 Å². The van der Waals surface area contributed by atoms with Crippen molar-refractivity contribution in [2.24, 2.45) is 45.3 Å². The highest BCUT2D eigenvalue weighted by Crippen LogP contribution is 2.76. The molecule has 0 aromatic rings. The minimum Gasteiger partial charge on any atom is -0.481 e. The molecule has 466 valence electrons. The van der Waals surface area contributed by atoms with Gasteiger partial charge in [0.05, 0.1) is 37.6 Å². The van der Waals surface area contributed by atoms with E-state index in [9.17, 15) is 76.0 Å². The Morgan fingerprint density at radius 1 is 0.630 bits per heavy atom. The van der Waals surface area contributed by atoms with Crippen molar-refractivity contribution in [1.82, 2.24) is 0 Å². The van der Waals surface area contributed by atoms with Crippen LogP contribution in [-0.4, -0.2) is 244 Å². The van der Waals surface area contributed by atoms with Crippen LogP contribution in [0.15, 0.2) is 11.6 Å². The van der Waals surface area contributed by atoms with Crippen molar-refractivity contribution in [2.75, 3.05) is 26.4 Å². The number of aliphatic hydroxyl groups is 13. The molecule has 8 fully saturated rings. The molecule has 4 heterocycles. The second-order valence-electron chi connectivity index (χ2n) is 26.4. The lowest BCUT2D eigenvalue weighted by Gasteiger charge is -2.71. The number of aliphatic hydroxyl groups excluding tert-OH is 13. The van der Waals surface area contributed by atoms with Crippen LogP contribution in [0.1, 0.15) is 120 Å². The van der Waals surface area contributed by atoms with Gasteiger partial charge in [-0.05, 0) is 124 Å². The number of allylic oxidation sites excluding steroid dienone is 2. The van der Waals surface area contributed by atoms with Gasteiger partial charge in [0.15, 0.2) is 25.2 Å².